The van der Waals surface area contributed by atoms with E-state index >= 15 is 0 Å². The zero-order chi connectivity index (χ0) is 17.4. The lowest BCUT2D eigenvalue weighted by atomic mass is 10.2. The molecule has 0 spiro atoms. The number of piperazine rings is 1. The molecule has 1 aromatic carbocycles. The molecule has 1 aliphatic heterocycles. The van der Waals surface area contributed by atoms with E-state index in [1.807, 2.05) is 13.8 Å². The Morgan fingerprint density at radius 2 is 1.70 bits per heavy atom. The highest BCUT2D eigenvalue weighted by Crippen LogP contribution is 2.30. The summed E-state index contributed by atoms with van der Waals surface area (Å²) in [5, 5.41) is 3.26. The molecule has 9 heteroatoms. The van der Waals surface area contributed by atoms with Crippen molar-refractivity contribution in [1.82, 2.24) is 9.62 Å². The van der Waals surface area contributed by atoms with Gasteiger partial charge in [-0.05, 0) is 32.0 Å². The maximum absolute atomic E-state index is 13.0. The molecule has 130 valence electrons. The van der Waals surface area contributed by atoms with Gasteiger partial charge in [-0.1, -0.05) is 0 Å². The molecule has 1 heterocycles. The first-order valence-corrected chi connectivity index (χ1v) is 10.5. The normalized spacial score (nSPS) is 23.7. The first kappa shape index (κ1) is 18.2. The largest absolute Gasteiger partial charge is 0.495 e. The molecule has 0 amide bonds. The first-order valence-electron chi connectivity index (χ1n) is 7.20. The SMILES string of the molecule is COc1ccc(S(C)(=O)=O)cc1S(=O)(=O)N1CC(C)NC(C)C1. The second-order valence-electron chi connectivity index (χ2n) is 5.88. The van der Waals surface area contributed by atoms with Crippen LogP contribution in [0.15, 0.2) is 28.0 Å². The van der Waals surface area contributed by atoms with E-state index in [1.165, 1.54) is 29.6 Å². The Bertz CT molecular complexity index is 779. The van der Waals surface area contributed by atoms with Crippen LogP contribution in [0.1, 0.15) is 13.8 Å². The summed E-state index contributed by atoms with van der Waals surface area (Å²) >= 11 is 0. The van der Waals surface area contributed by atoms with Crippen molar-refractivity contribution in [3.8, 4) is 5.75 Å². The van der Waals surface area contributed by atoms with E-state index < -0.39 is 19.9 Å². The summed E-state index contributed by atoms with van der Waals surface area (Å²) in [4.78, 5) is -0.169. The summed E-state index contributed by atoms with van der Waals surface area (Å²) < 4.78 is 55.9. The van der Waals surface area contributed by atoms with Crippen LogP contribution < -0.4 is 10.1 Å². The molecule has 0 saturated carbocycles. The van der Waals surface area contributed by atoms with Crippen LogP contribution in [0, 0.1) is 0 Å². The predicted octanol–water partition coefficient (Wildman–Crippen LogP) is 0.470. The zero-order valence-corrected chi connectivity index (χ0v) is 15.2. The third-order valence-corrected chi connectivity index (χ3v) is 6.67. The molecule has 1 fully saturated rings. The summed E-state index contributed by atoms with van der Waals surface area (Å²) in [5.41, 5.74) is 0. The van der Waals surface area contributed by atoms with Gasteiger partial charge in [0.05, 0.1) is 12.0 Å². The van der Waals surface area contributed by atoms with E-state index in [4.69, 9.17) is 4.74 Å². The lowest BCUT2D eigenvalue weighted by molar-refractivity contribution is 0.262. The molecule has 1 aromatic rings. The Morgan fingerprint density at radius 3 is 2.17 bits per heavy atom. The standard InChI is InChI=1S/C14H22N2O5S2/c1-10-8-16(9-11(2)15-10)23(19,20)14-7-12(22(4,17)18)5-6-13(14)21-3/h5-7,10-11,15H,8-9H2,1-4H3. The second-order valence-corrected chi connectivity index (χ2v) is 9.80. The molecule has 23 heavy (non-hydrogen) atoms. The lowest BCUT2D eigenvalue weighted by Gasteiger charge is -2.35. The molecule has 1 saturated heterocycles. The quantitative estimate of drug-likeness (QED) is 0.837. The molecule has 0 bridgehead atoms. The van der Waals surface area contributed by atoms with Gasteiger partial charge in [0.1, 0.15) is 10.6 Å². The molecule has 2 unspecified atom stereocenters. The molecule has 2 atom stereocenters. The van der Waals surface area contributed by atoms with Crippen molar-refractivity contribution in [2.24, 2.45) is 0 Å². The summed E-state index contributed by atoms with van der Waals surface area (Å²) in [6.45, 7) is 4.45. The average molecular weight is 362 g/mol. The maximum atomic E-state index is 13.0. The van der Waals surface area contributed by atoms with Gasteiger partial charge in [-0.3, -0.25) is 0 Å². The van der Waals surface area contributed by atoms with Crippen molar-refractivity contribution in [1.29, 1.82) is 0 Å². The highest BCUT2D eigenvalue weighted by atomic mass is 32.2. The van der Waals surface area contributed by atoms with Crippen molar-refractivity contribution in [2.45, 2.75) is 35.7 Å². The van der Waals surface area contributed by atoms with Crippen molar-refractivity contribution in [2.75, 3.05) is 26.5 Å². The number of rotatable bonds is 4. The number of nitrogens with one attached hydrogen (secondary N) is 1. The van der Waals surface area contributed by atoms with E-state index in [0.717, 1.165) is 6.26 Å². The fraction of sp³-hybridized carbons (Fsp3) is 0.571. The average Bonchev–Trinajstić information content (AvgIpc) is 2.44. The highest BCUT2D eigenvalue weighted by Gasteiger charge is 2.33. The molecule has 0 aliphatic carbocycles. The van der Waals surface area contributed by atoms with Crippen LogP contribution in [0.5, 0.6) is 5.75 Å². The number of hydrogen-bond donors (Lipinski definition) is 1. The van der Waals surface area contributed by atoms with Gasteiger partial charge in [-0.25, -0.2) is 16.8 Å². The summed E-state index contributed by atoms with van der Waals surface area (Å²) in [6, 6.07) is 3.91. The van der Waals surface area contributed by atoms with Crippen molar-refractivity contribution in [3.63, 3.8) is 0 Å². The third-order valence-electron chi connectivity index (χ3n) is 3.71. The van der Waals surface area contributed by atoms with Crippen LogP contribution in [-0.4, -0.2) is 59.7 Å². The van der Waals surface area contributed by atoms with Crippen molar-refractivity contribution >= 4 is 19.9 Å². The number of sulfone groups is 1. The van der Waals surface area contributed by atoms with Gasteiger partial charge in [-0.2, -0.15) is 4.31 Å². The van der Waals surface area contributed by atoms with Gasteiger partial charge >= 0.3 is 0 Å². The van der Waals surface area contributed by atoms with Gasteiger partial charge in [0.25, 0.3) is 0 Å². The van der Waals surface area contributed by atoms with E-state index in [0.29, 0.717) is 13.1 Å². The Hall–Kier alpha value is -1.16. The van der Waals surface area contributed by atoms with Gasteiger partial charge in [0, 0.05) is 31.4 Å². The van der Waals surface area contributed by atoms with Gasteiger partial charge in [0.2, 0.25) is 10.0 Å². The van der Waals surface area contributed by atoms with E-state index in [-0.39, 0.29) is 27.6 Å². The van der Waals surface area contributed by atoms with Crippen LogP contribution in [-0.2, 0) is 19.9 Å². The summed E-state index contributed by atoms with van der Waals surface area (Å²) in [7, 11) is -6.00. The zero-order valence-electron chi connectivity index (χ0n) is 13.6. The Labute approximate surface area is 137 Å². The molecule has 1 aliphatic rings. The van der Waals surface area contributed by atoms with Crippen LogP contribution in [0.25, 0.3) is 0 Å². The Kier molecular flexibility index (Phi) is 5.05. The van der Waals surface area contributed by atoms with E-state index in [9.17, 15) is 16.8 Å². The van der Waals surface area contributed by atoms with Gasteiger partial charge in [0.15, 0.2) is 9.84 Å². The minimum atomic E-state index is -3.85. The fourth-order valence-corrected chi connectivity index (χ4v) is 5.22. The molecular weight excluding hydrogens is 340 g/mol. The smallest absolute Gasteiger partial charge is 0.246 e. The van der Waals surface area contributed by atoms with Gasteiger partial charge < -0.3 is 10.1 Å². The highest BCUT2D eigenvalue weighted by molar-refractivity contribution is 7.91. The Morgan fingerprint density at radius 1 is 1.13 bits per heavy atom. The predicted molar refractivity (Wildman–Crippen MR) is 86.9 cm³/mol. The number of nitrogens with zero attached hydrogens (tertiary/aromatic N) is 1. The molecule has 2 rings (SSSR count). The van der Waals surface area contributed by atoms with Crippen LogP contribution in [0.4, 0.5) is 0 Å². The number of methoxy groups -OCH3 is 1. The Balaban J connectivity index is 2.54. The number of benzene rings is 1. The topological polar surface area (TPSA) is 92.8 Å². The molecule has 7 nitrogen and oxygen atoms in total. The fourth-order valence-electron chi connectivity index (χ4n) is 2.70. The summed E-state index contributed by atoms with van der Waals surface area (Å²) in [5.74, 6) is 0.135. The number of sulfonamides is 1. The van der Waals surface area contributed by atoms with E-state index in [2.05, 4.69) is 5.32 Å². The molecule has 0 radical (unpaired) electrons. The number of hydrogen-bond acceptors (Lipinski definition) is 6. The number of ether oxygens (including phenoxy) is 1. The van der Waals surface area contributed by atoms with Crippen LogP contribution in [0.3, 0.4) is 0 Å². The summed E-state index contributed by atoms with van der Waals surface area (Å²) in [6.07, 6.45) is 1.04. The monoisotopic (exact) mass is 362 g/mol. The third kappa shape index (κ3) is 3.85. The second kappa shape index (κ2) is 6.39. The van der Waals surface area contributed by atoms with Crippen LogP contribution in [0.2, 0.25) is 0 Å². The van der Waals surface area contributed by atoms with Crippen molar-refractivity contribution < 1.29 is 21.6 Å². The van der Waals surface area contributed by atoms with Crippen LogP contribution >= 0.6 is 0 Å². The van der Waals surface area contributed by atoms with Crippen molar-refractivity contribution in [3.05, 3.63) is 18.2 Å². The van der Waals surface area contributed by atoms with E-state index in [1.54, 1.807) is 0 Å². The first-order chi connectivity index (χ1) is 10.6. The molecular formula is C14H22N2O5S2. The van der Waals surface area contributed by atoms with Gasteiger partial charge in [-0.15, -0.1) is 0 Å². The minimum absolute atomic E-state index is 0.0117. The molecule has 0 aromatic heterocycles. The molecule has 1 N–H and O–H groups in total. The lowest BCUT2D eigenvalue weighted by Crippen LogP contribution is -2.55. The maximum Gasteiger partial charge on any atom is 0.246 e. The minimum Gasteiger partial charge on any atom is -0.495 e.